The Balaban J connectivity index is 1.84. The number of hydrogen-bond donors (Lipinski definition) is 4. The number of hydrogen-bond acceptors (Lipinski definition) is 9. The Morgan fingerprint density at radius 3 is 2.09 bits per heavy atom. The average Bonchev–Trinajstić information content (AvgIpc) is 3.20. The van der Waals surface area contributed by atoms with Gasteiger partial charge in [-0.15, -0.1) is 0 Å². The number of aliphatic hydroxyl groups excluding tert-OH is 2. The third-order valence-electron chi connectivity index (χ3n) is 5.16. The van der Waals surface area contributed by atoms with Crippen molar-refractivity contribution in [2.75, 3.05) is 79.1 Å². The summed E-state index contributed by atoms with van der Waals surface area (Å²) >= 11 is 0. The van der Waals surface area contributed by atoms with Crippen LogP contribution in [0.15, 0.2) is 0 Å². The predicted octanol–water partition coefficient (Wildman–Crippen LogP) is -0.968. The van der Waals surface area contributed by atoms with Gasteiger partial charge in [0.05, 0.1) is 71.6 Å². The van der Waals surface area contributed by atoms with E-state index in [9.17, 15) is 19.8 Å². The molecule has 33 heavy (non-hydrogen) atoms. The number of ether oxygens (including phenoxy) is 4. The Bertz CT molecular complexity index is 512. The fourth-order valence-electron chi connectivity index (χ4n) is 3.42. The molecule has 0 aromatic rings. The highest BCUT2D eigenvalue weighted by Gasteiger charge is 2.33. The predicted molar refractivity (Wildman–Crippen MR) is 122 cm³/mol. The van der Waals surface area contributed by atoms with Gasteiger partial charge < -0.3 is 45.1 Å². The molecule has 0 radical (unpaired) electrons. The van der Waals surface area contributed by atoms with Crippen LogP contribution < -0.4 is 11.1 Å². The number of carbonyl (C=O) groups excluding carboxylic acids is 2. The molecule has 0 aromatic carbocycles. The summed E-state index contributed by atoms with van der Waals surface area (Å²) in [5.41, 5.74) is 5.31. The van der Waals surface area contributed by atoms with Crippen LogP contribution in [0.25, 0.3) is 0 Å². The van der Waals surface area contributed by atoms with E-state index in [2.05, 4.69) is 5.32 Å². The summed E-state index contributed by atoms with van der Waals surface area (Å²) in [5.74, 6) is -0.0923. The summed E-state index contributed by atoms with van der Waals surface area (Å²) in [6.45, 7) is 5.02. The molecule has 1 fully saturated rings. The van der Waals surface area contributed by atoms with Crippen LogP contribution in [-0.2, 0) is 28.5 Å². The minimum Gasteiger partial charge on any atom is -0.394 e. The lowest BCUT2D eigenvalue weighted by Gasteiger charge is -2.22. The molecule has 1 aliphatic rings. The second-order valence-corrected chi connectivity index (χ2v) is 7.92. The first-order valence-electron chi connectivity index (χ1n) is 11.9. The van der Waals surface area contributed by atoms with E-state index in [0.717, 1.165) is 19.3 Å². The number of amides is 2. The van der Waals surface area contributed by atoms with Gasteiger partial charge in [0.2, 0.25) is 11.8 Å². The van der Waals surface area contributed by atoms with Crippen molar-refractivity contribution in [3.05, 3.63) is 0 Å². The number of carbonyl (C=O) groups is 2. The summed E-state index contributed by atoms with van der Waals surface area (Å²) in [5, 5.41) is 21.8. The SMILES string of the molecule is NCCOCCOCCOCCOCCC(=O)NCCCCCC(=O)N1C[C@H](O)C[C@H]1CO. The van der Waals surface area contributed by atoms with Crippen LogP contribution in [0.3, 0.4) is 0 Å². The molecule has 1 rings (SSSR count). The molecular formula is C22H43N3O8. The number of likely N-dealkylation sites (tertiary alicyclic amines) is 1. The van der Waals surface area contributed by atoms with Crippen molar-refractivity contribution in [1.82, 2.24) is 10.2 Å². The van der Waals surface area contributed by atoms with E-state index >= 15 is 0 Å². The standard InChI is InChI=1S/C22H43N3O8/c23-6-9-31-11-13-33-15-14-32-12-10-30-8-5-21(28)24-7-3-1-2-4-22(29)25-17-20(27)16-19(25)18-26/h19-20,26-27H,1-18,23H2,(H,24,28)/t19-,20+/m0/s1. The molecule has 0 unspecified atom stereocenters. The lowest BCUT2D eigenvalue weighted by molar-refractivity contribution is -0.133. The topological polar surface area (TPSA) is 153 Å². The van der Waals surface area contributed by atoms with Gasteiger partial charge in [-0.05, 0) is 19.3 Å². The van der Waals surface area contributed by atoms with Crippen molar-refractivity contribution in [3.8, 4) is 0 Å². The molecule has 2 amide bonds. The summed E-state index contributed by atoms with van der Waals surface area (Å²) in [6.07, 6.45) is 2.91. The minimum absolute atomic E-state index is 0.0313. The van der Waals surface area contributed by atoms with E-state index in [4.69, 9.17) is 24.7 Å². The second-order valence-electron chi connectivity index (χ2n) is 7.92. The van der Waals surface area contributed by atoms with Gasteiger partial charge in [0.15, 0.2) is 0 Å². The monoisotopic (exact) mass is 477 g/mol. The Kier molecular flexibility index (Phi) is 18.1. The molecule has 5 N–H and O–H groups in total. The molecule has 1 saturated heterocycles. The Hall–Kier alpha value is -1.34. The zero-order chi connectivity index (χ0) is 24.2. The van der Waals surface area contributed by atoms with Crippen molar-refractivity contribution in [2.24, 2.45) is 5.73 Å². The maximum absolute atomic E-state index is 12.2. The molecule has 194 valence electrons. The van der Waals surface area contributed by atoms with Crippen LogP contribution in [0.1, 0.15) is 38.5 Å². The van der Waals surface area contributed by atoms with Gasteiger partial charge in [-0.25, -0.2) is 0 Å². The first-order chi connectivity index (χ1) is 16.1. The summed E-state index contributed by atoms with van der Waals surface area (Å²) in [4.78, 5) is 25.6. The lowest BCUT2D eigenvalue weighted by Crippen LogP contribution is -2.37. The summed E-state index contributed by atoms with van der Waals surface area (Å²) < 4.78 is 21.3. The van der Waals surface area contributed by atoms with E-state index in [1.165, 1.54) is 0 Å². The van der Waals surface area contributed by atoms with Gasteiger partial charge in [-0.2, -0.15) is 0 Å². The van der Waals surface area contributed by atoms with E-state index < -0.39 is 6.10 Å². The van der Waals surface area contributed by atoms with Gasteiger partial charge in [-0.1, -0.05) is 6.42 Å². The molecule has 0 aromatic heterocycles. The van der Waals surface area contributed by atoms with Crippen LogP contribution in [0, 0.1) is 0 Å². The molecule has 1 heterocycles. The molecule has 2 atom stereocenters. The largest absolute Gasteiger partial charge is 0.394 e. The average molecular weight is 478 g/mol. The third-order valence-corrected chi connectivity index (χ3v) is 5.16. The van der Waals surface area contributed by atoms with Crippen molar-refractivity contribution >= 4 is 11.8 Å². The minimum atomic E-state index is -0.546. The fraction of sp³-hybridized carbons (Fsp3) is 0.909. The van der Waals surface area contributed by atoms with E-state index in [0.29, 0.717) is 91.8 Å². The first kappa shape index (κ1) is 29.7. The maximum atomic E-state index is 12.2. The van der Waals surface area contributed by atoms with Crippen LogP contribution in [-0.4, -0.2) is 118 Å². The van der Waals surface area contributed by atoms with Crippen LogP contribution in [0.2, 0.25) is 0 Å². The van der Waals surface area contributed by atoms with Crippen molar-refractivity contribution in [3.63, 3.8) is 0 Å². The Morgan fingerprint density at radius 2 is 1.48 bits per heavy atom. The van der Waals surface area contributed by atoms with Crippen LogP contribution in [0.4, 0.5) is 0 Å². The summed E-state index contributed by atoms with van der Waals surface area (Å²) in [6, 6.07) is -0.272. The molecule has 0 aliphatic carbocycles. The highest BCUT2D eigenvalue weighted by Crippen LogP contribution is 2.19. The van der Waals surface area contributed by atoms with Crippen molar-refractivity contribution in [2.45, 2.75) is 50.7 Å². The van der Waals surface area contributed by atoms with Crippen molar-refractivity contribution < 1.29 is 38.7 Å². The fourth-order valence-corrected chi connectivity index (χ4v) is 3.42. The van der Waals surface area contributed by atoms with Gasteiger partial charge >= 0.3 is 0 Å². The van der Waals surface area contributed by atoms with Gasteiger partial charge in [0.25, 0.3) is 0 Å². The maximum Gasteiger partial charge on any atom is 0.222 e. The Morgan fingerprint density at radius 1 is 0.879 bits per heavy atom. The van der Waals surface area contributed by atoms with Gasteiger partial charge in [0.1, 0.15) is 0 Å². The van der Waals surface area contributed by atoms with E-state index in [1.54, 1.807) is 4.90 Å². The molecule has 0 spiro atoms. The number of β-amino-alcohol motifs (C(OH)–C–C–N with tert-alkyl or cyclic N) is 1. The second kappa shape index (κ2) is 20.1. The third kappa shape index (κ3) is 15.2. The normalized spacial score (nSPS) is 18.1. The lowest BCUT2D eigenvalue weighted by atomic mass is 10.1. The van der Waals surface area contributed by atoms with Crippen LogP contribution in [0.5, 0.6) is 0 Å². The highest BCUT2D eigenvalue weighted by molar-refractivity contribution is 5.77. The molecule has 1 aliphatic heterocycles. The number of unbranched alkanes of at least 4 members (excludes halogenated alkanes) is 2. The zero-order valence-corrected chi connectivity index (χ0v) is 19.8. The number of nitrogens with two attached hydrogens (primary N) is 1. The smallest absolute Gasteiger partial charge is 0.222 e. The molecule has 0 saturated carbocycles. The van der Waals surface area contributed by atoms with E-state index in [-0.39, 0.29) is 24.5 Å². The molecule has 0 bridgehead atoms. The number of nitrogens with zero attached hydrogens (tertiary/aromatic N) is 1. The van der Waals surface area contributed by atoms with Gasteiger partial charge in [0, 0.05) is 32.5 Å². The number of rotatable bonds is 21. The number of aliphatic hydroxyl groups is 2. The molecular weight excluding hydrogens is 434 g/mol. The first-order valence-corrected chi connectivity index (χ1v) is 11.9. The van der Waals surface area contributed by atoms with Crippen LogP contribution >= 0.6 is 0 Å². The summed E-state index contributed by atoms with van der Waals surface area (Å²) in [7, 11) is 0. The molecule has 11 nitrogen and oxygen atoms in total. The van der Waals surface area contributed by atoms with Gasteiger partial charge in [-0.3, -0.25) is 9.59 Å². The molecule has 11 heteroatoms. The van der Waals surface area contributed by atoms with Crippen molar-refractivity contribution in [1.29, 1.82) is 0 Å². The van der Waals surface area contributed by atoms with E-state index in [1.807, 2.05) is 0 Å². The Labute approximate surface area is 196 Å². The highest BCUT2D eigenvalue weighted by atomic mass is 16.6. The quantitative estimate of drug-likeness (QED) is 0.153. The number of nitrogens with one attached hydrogen (secondary N) is 1. The zero-order valence-electron chi connectivity index (χ0n) is 19.8.